The Labute approximate surface area is 77.7 Å². The number of carbonyl (C=O) groups excluding carboxylic acids is 1. The van der Waals surface area contributed by atoms with Gasteiger partial charge in [0.15, 0.2) is 0 Å². The van der Waals surface area contributed by atoms with E-state index in [-0.39, 0.29) is 0 Å². The third-order valence-electron chi connectivity index (χ3n) is 1.88. The molecule has 1 atom stereocenters. The first kappa shape index (κ1) is 8.19. The number of benzene rings is 1. The van der Waals surface area contributed by atoms with Crippen molar-refractivity contribution >= 4 is 22.3 Å². The summed E-state index contributed by atoms with van der Waals surface area (Å²) >= 11 is 0. The highest BCUT2D eigenvalue weighted by atomic mass is 32.2. The minimum Gasteiger partial charge on any atom is -0.366 e. The number of carbonyl (C=O) groups is 1. The molecule has 2 rings (SSSR count). The molecule has 0 fully saturated rings. The van der Waals surface area contributed by atoms with E-state index in [2.05, 4.69) is 0 Å². The minimum absolute atomic E-state index is 0.355. The molecule has 2 N–H and O–H groups in total. The maximum Gasteiger partial charge on any atom is 0.249 e. The van der Waals surface area contributed by atoms with Crippen molar-refractivity contribution < 1.29 is 9.00 Å². The number of fused-ring (bicyclic) bond motifs is 1. The number of primary amides is 1. The Morgan fingerprint density at radius 3 is 2.69 bits per heavy atom. The van der Waals surface area contributed by atoms with Crippen LogP contribution < -0.4 is 5.73 Å². The molecule has 1 aromatic rings. The van der Waals surface area contributed by atoms with Gasteiger partial charge in [-0.15, -0.1) is 0 Å². The summed E-state index contributed by atoms with van der Waals surface area (Å²) in [5.41, 5.74) is 6.18. The molecule has 1 aliphatic heterocycles. The zero-order chi connectivity index (χ0) is 9.42. The van der Waals surface area contributed by atoms with Crippen molar-refractivity contribution in [3.8, 4) is 0 Å². The lowest BCUT2D eigenvalue weighted by Crippen LogP contribution is -2.11. The summed E-state index contributed by atoms with van der Waals surface area (Å²) in [6.07, 6.45) is 0. The third kappa shape index (κ3) is 1.19. The standard InChI is InChI=1S/C9H7NO2S/c10-9(11)7-5-13(12)8-4-2-1-3-6(7)8/h1-5H,(H2,10,11). The van der Waals surface area contributed by atoms with Crippen molar-refractivity contribution in [2.45, 2.75) is 4.90 Å². The largest absolute Gasteiger partial charge is 0.366 e. The van der Waals surface area contributed by atoms with Crippen molar-refractivity contribution in [3.05, 3.63) is 35.2 Å². The Kier molecular flexibility index (Phi) is 1.77. The highest BCUT2D eigenvalue weighted by molar-refractivity contribution is 7.88. The van der Waals surface area contributed by atoms with Crippen molar-refractivity contribution in [1.82, 2.24) is 0 Å². The molecule has 0 aromatic heterocycles. The maximum absolute atomic E-state index is 11.4. The zero-order valence-electron chi connectivity index (χ0n) is 6.69. The van der Waals surface area contributed by atoms with Crippen LogP contribution in [-0.2, 0) is 15.6 Å². The van der Waals surface area contributed by atoms with E-state index in [0.29, 0.717) is 16.0 Å². The van der Waals surface area contributed by atoms with Crippen molar-refractivity contribution in [2.24, 2.45) is 5.73 Å². The highest BCUT2D eigenvalue weighted by Gasteiger charge is 2.22. The molecule has 0 aliphatic carbocycles. The van der Waals surface area contributed by atoms with Crippen LogP contribution in [0.2, 0.25) is 0 Å². The first-order chi connectivity index (χ1) is 6.20. The molecule has 0 radical (unpaired) electrons. The van der Waals surface area contributed by atoms with Crippen LogP contribution >= 0.6 is 0 Å². The lowest BCUT2D eigenvalue weighted by molar-refractivity contribution is -0.112. The van der Waals surface area contributed by atoms with E-state index < -0.39 is 16.7 Å². The highest BCUT2D eigenvalue weighted by Crippen LogP contribution is 2.29. The van der Waals surface area contributed by atoms with Crippen LogP contribution in [0.3, 0.4) is 0 Å². The van der Waals surface area contributed by atoms with Gasteiger partial charge in [0.1, 0.15) is 0 Å². The lowest BCUT2D eigenvalue weighted by Gasteiger charge is -1.98. The third-order valence-corrected chi connectivity index (χ3v) is 3.12. The molecule has 1 heterocycles. The number of hydrogen-bond donors (Lipinski definition) is 1. The summed E-state index contributed by atoms with van der Waals surface area (Å²) in [7, 11) is -1.21. The second kappa shape index (κ2) is 2.81. The molecule has 0 spiro atoms. The number of hydrogen-bond acceptors (Lipinski definition) is 2. The van der Waals surface area contributed by atoms with Crippen molar-refractivity contribution in [2.75, 3.05) is 0 Å². The van der Waals surface area contributed by atoms with E-state index in [1.54, 1.807) is 24.3 Å². The molecule has 0 saturated carbocycles. The summed E-state index contributed by atoms with van der Waals surface area (Å²) in [6.45, 7) is 0. The van der Waals surface area contributed by atoms with E-state index >= 15 is 0 Å². The van der Waals surface area contributed by atoms with Gasteiger partial charge < -0.3 is 5.73 Å². The normalized spacial score (nSPS) is 19.4. The van der Waals surface area contributed by atoms with Crippen molar-refractivity contribution in [3.63, 3.8) is 0 Å². The molecule has 1 amide bonds. The molecule has 1 aliphatic rings. The van der Waals surface area contributed by atoms with E-state index in [4.69, 9.17) is 5.73 Å². The number of nitrogens with two attached hydrogens (primary N) is 1. The maximum atomic E-state index is 11.4. The summed E-state index contributed by atoms with van der Waals surface area (Å²) in [4.78, 5) is 11.6. The van der Waals surface area contributed by atoms with Crippen LogP contribution in [0, 0.1) is 0 Å². The minimum atomic E-state index is -1.21. The average molecular weight is 193 g/mol. The Bertz CT molecular complexity index is 437. The predicted molar refractivity (Wildman–Crippen MR) is 50.0 cm³/mol. The van der Waals surface area contributed by atoms with E-state index in [1.165, 1.54) is 5.41 Å². The monoisotopic (exact) mass is 193 g/mol. The van der Waals surface area contributed by atoms with Gasteiger partial charge >= 0.3 is 0 Å². The first-order valence-corrected chi connectivity index (χ1v) is 4.93. The van der Waals surface area contributed by atoms with Gasteiger partial charge in [0, 0.05) is 11.0 Å². The lowest BCUT2D eigenvalue weighted by atomic mass is 10.1. The molecule has 1 unspecified atom stereocenters. The predicted octanol–water partition coefficient (Wildman–Crippen LogP) is 0.634. The van der Waals surface area contributed by atoms with E-state index in [0.717, 1.165) is 0 Å². The second-order valence-electron chi connectivity index (χ2n) is 2.69. The summed E-state index contributed by atoms with van der Waals surface area (Å²) in [6, 6.07) is 7.06. The first-order valence-electron chi connectivity index (χ1n) is 3.72. The molecule has 0 saturated heterocycles. The van der Waals surface area contributed by atoms with E-state index in [9.17, 15) is 9.00 Å². The number of amides is 1. The summed E-state index contributed by atoms with van der Waals surface area (Å²) in [5.74, 6) is -0.529. The second-order valence-corrected chi connectivity index (χ2v) is 3.96. The topological polar surface area (TPSA) is 60.2 Å². The van der Waals surface area contributed by atoms with Crippen molar-refractivity contribution in [1.29, 1.82) is 0 Å². The van der Waals surface area contributed by atoms with Gasteiger partial charge in [-0.3, -0.25) is 4.79 Å². The summed E-state index contributed by atoms with van der Waals surface area (Å²) < 4.78 is 11.4. The van der Waals surface area contributed by atoms with Gasteiger partial charge in [-0.1, -0.05) is 18.2 Å². The van der Waals surface area contributed by atoms with Crippen LogP contribution in [0.15, 0.2) is 34.6 Å². The number of rotatable bonds is 1. The van der Waals surface area contributed by atoms with Gasteiger partial charge in [-0.25, -0.2) is 4.21 Å². The molecule has 1 aromatic carbocycles. The van der Waals surface area contributed by atoms with Crippen LogP contribution in [0.4, 0.5) is 0 Å². The Hall–Kier alpha value is -1.42. The fraction of sp³-hybridized carbons (Fsp3) is 0. The Morgan fingerprint density at radius 2 is 2.00 bits per heavy atom. The Balaban J connectivity index is 2.64. The van der Waals surface area contributed by atoms with Gasteiger partial charge in [0.25, 0.3) is 0 Å². The molecule has 13 heavy (non-hydrogen) atoms. The van der Waals surface area contributed by atoms with Crippen LogP contribution in [0.1, 0.15) is 5.56 Å². The zero-order valence-corrected chi connectivity index (χ0v) is 7.51. The Morgan fingerprint density at radius 1 is 1.31 bits per heavy atom. The molecular weight excluding hydrogens is 186 g/mol. The van der Waals surface area contributed by atoms with Gasteiger partial charge in [-0.2, -0.15) is 0 Å². The molecule has 3 nitrogen and oxygen atoms in total. The van der Waals surface area contributed by atoms with E-state index in [1.807, 2.05) is 0 Å². The van der Waals surface area contributed by atoms with Gasteiger partial charge in [0.2, 0.25) is 5.91 Å². The van der Waals surface area contributed by atoms with Gasteiger partial charge in [0.05, 0.1) is 21.3 Å². The molecule has 4 heteroatoms. The summed E-state index contributed by atoms with van der Waals surface area (Å²) in [5, 5.41) is 1.40. The van der Waals surface area contributed by atoms with Gasteiger partial charge in [-0.05, 0) is 6.07 Å². The molecule has 66 valence electrons. The smallest absolute Gasteiger partial charge is 0.249 e. The fourth-order valence-electron chi connectivity index (χ4n) is 1.29. The quantitative estimate of drug-likeness (QED) is 0.711. The average Bonchev–Trinajstić information content (AvgIpc) is 2.45. The molecule has 0 bridgehead atoms. The van der Waals surface area contributed by atoms with Crippen LogP contribution in [0.25, 0.3) is 5.57 Å². The van der Waals surface area contributed by atoms with Crippen LogP contribution in [0.5, 0.6) is 0 Å². The fourth-order valence-corrected chi connectivity index (χ4v) is 2.48. The van der Waals surface area contributed by atoms with Crippen LogP contribution in [-0.4, -0.2) is 10.1 Å². The SMILES string of the molecule is NC(=O)C1=CS(=O)c2ccccc21. The molecular formula is C9H7NO2S.